The molecule has 2 rings (SSSR count). The van der Waals surface area contributed by atoms with Crippen LogP contribution in [0.2, 0.25) is 0 Å². The number of carbonyl (C=O) groups is 1. The highest BCUT2D eigenvalue weighted by Crippen LogP contribution is 2.19. The Morgan fingerprint density at radius 2 is 2.10 bits per heavy atom. The lowest BCUT2D eigenvalue weighted by Gasteiger charge is -2.16. The van der Waals surface area contributed by atoms with Crippen LogP contribution in [0.15, 0.2) is 35.9 Å². The largest absolute Gasteiger partial charge is 0.352 e. The van der Waals surface area contributed by atoms with E-state index in [9.17, 15) is 4.79 Å². The second kappa shape index (κ2) is 7.99. The molecule has 1 aromatic rings. The molecule has 1 heterocycles. The maximum Gasteiger partial charge on any atom is 0.220 e. The molecule has 1 aromatic carbocycles. The van der Waals surface area contributed by atoms with E-state index in [-0.39, 0.29) is 11.8 Å². The molecule has 0 aliphatic carbocycles. The van der Waals surface area contributed by atoms with Gasteiger partial charge in [0.2, 0.25) is 5.91 Å². The van der Waals surface area contributed by atoms with Crippen LogP contribution in [0.5, 0.6) is 0 Å². The van der Waals surface area contributed by atoms with Crippen molar-refractivity contribution in [3.05, 3.63) is 47.0 Å². The Morgan fingerprint density at radius 3 is 2.71 bits per heavy atom. The molecular weight excluding hydrogens is 260 g/mol. The highest BCUT2D eigenvalue weighted by molar-refractivity contribution is 5.77. The van der Waals surface area contributed by atoms with Gasteiger partial charge in [-0.1, -0.05) is 49.8 Å². The smallest absolute Gasteiger partial charge is 0.220 e. The van der Waals surface area contributed by atoms with E-state index in [0.29, 0.717) is 13.0 Å². The lowest BCUT2D eigenvalue weighted by molar-refractivity contribution is -0.121. The van der Waals surface area contributed by atoms with E-state index in [2.05, 4.69) is 54.8 Å². The molecule has 0 radical (unpaired) electrons. The van der Waals surface area contributed by atoms with Crippen molar-refractivity contribution < 1.29 is 4.79 Å². The van der Waals surface area contributed by atoms with E-state index in [1.54, 1.807) is 0 Å². The van der Waals surface area contributed by atoms with Crippen molar-refractivity contribution in [3.63, 3.8) is 0 Å². The Hall–Kier alpha value is -1.61. The summed E-state index contributed by atoms with van der Waals surface area (Å²) in [5.41, 5.74) is 3.92. The number of aryl methyl sites for hydroxylation is 1. The molecule has 0 fully saturated rings. The number of hydrogen-bond donors (Lipinski definition) is 2. The number of rotatable bonds is 6. The molecule has 1 unspecified atom stereocenters. The van der Waals surface area contributed by atoms with Gasteiger partial charge in [-0.15, -0.1) is 0 Å². The Morgan fingerprint density at radius 1 is 1.33 bits per heavy atom. The maximum atomic E-state index is 12.0. The van der Waals surface area contributed by atoms with Crippen LogP contribution in [0.25, 0.3) is 0 Å². The number of hydrogen-bond acceptors (Lipinski definition) is 2. The summed E-state index contributed by atoms with van der Waals surface area (Å²) >= 11 is 0. The first-order valence-corrected chi connectivity index (χ1v) is 7.93. The molecule has 3 nitrogen and oxygen atoms in total. The lowest BCUT2D eigenvalue weighted by Crippen LogP contribution is -2.30. The van der Waals surface area contributed by atoms with Crippen LogP contribution in [0.4, 0.5) is 0 Å². The second-order valence-electron chi connectivity index (χ2n) is 5.79. The summed E-state index contributed by atoms with van der Waals surface area (Å²) < 4.78 is 0. The van der Waals surface area contributed by atoms with Gasteiger partial charge in [0.1, 0.15) is 0 Å². The third-order valence-electron chi connectivity index (χ3n) is 4.12. The normalized spacial score (nSPS) is 16.2. The number of benzene rings is 1. The van der Waals surface area contributed by atoms with Crippen LogP contribution in [-0.2, 0) is 11.2 Å². The first kappa shape index (κ1) is 15.8. The van der Waals surface area contributed by atoms with Gasteiger partial charge in [0, 0.05) is 19.5 Å². The monoisotopic (exact) mass is 286 g/mol. The van der Waals surface area contributed by atoms with Gasteiger partial charge in [-0.05, 0) is 36.4 Å². The van der Waals surface area contributed by atoms with Gasteiger partial charge < -0.3 is 10.6 Å². The highest BCUT2D eigenvalue weighted by Gasteiger charge is 2.12. The van der Waals surface area contributed by atoms with Gasteiger partial charge in [0.15, 0.2) is 0 Å². The van der Waals surface area contributed by atoms with Crippen LogP contribution < -0.4 is 10.6 Å². The molecule has 0 bridgehead atoms. The Kier molecular flexibility index (Phi) is 6.00. The standard InChI is InChI=1S/C18H26N2O/c1-3-15-4-6-17(7-5-15)14(2)12-18(21)20-13-16-8-10-19-11-9-16/h4-8,14,19H,3,9-13H2,1-2H3,(H,20,21). The highest BCUT2D eigenvalue weighted by atomic mass is 16.1. The van der Waals surface area contributed by atoms with Gasteiger partial charge in [0.05, 0.1) is 0 Å². The summed E-state index contributed by atoms with van der Waals surface area (Å²) in [6.07, 6.45) is 4.82. The van der Waals surface area contributed by atoms with Crippen LogP contribution in [0, 0.1) is 0 Å². The Labute approximate surface area is 127 Å². The molecule has 0 saturated heterocycles. The molecule has 3 heteroatoms. The van der Waals surface area contributed by atoms with E-state index in [1.807, 2.05) is 0 Å². The molecule has 21 heavy (non-hydrogen) atoms. The van der Waals surface area contributed by atoms with Gasteiger partial charge in [-0.2, -0.15) is 0 Å². The molecule has 114 valence electrons. The van der Waals surface area contributed by atoms with Gasteiger partial charge in [-0.25, -0.2) is 0 Å². The van der Waals surface area contributed by atoms with E-state index in [0.717, 1.165) is 25.9 Å². The molecule has 1 aliphatic heterocycles. The maximum absolute atomic E-state index is 12.0. The minimum atomic E-state index is 0.140. The quantitative estimate of drug-likeness (QED) is 0.790. The van der Waals surface area contributed by atoms with Crippen molar-refractivity contribution in [2.24, 2.45) is 0 Å². The number of nitrogens with one attached hydrogen (secondary N) is 2. The van der Waals surface area contributed by atoms with Gasteiger partial charge in [0.25, 0.3) is 0 Å². The minimum absolute atomic E-state index is 0.140. The van der Waals surface area contributed by atoms with Crippen LogP contribution in [-0.4, -0.2) is 25.5 Å². The summed E-state index contributed by atoms with van der Waals surface area (Å²) in [7, 11) is 0. The second-order valence-corrected chi connectivity index (χ2v) is 5.79. The third-order valence-corrected chi connectivity index (χ3v) is 4.12. The minimum Gasteiger partial charge on any atom is -0.352 e. The van der Waals surface area contributed by atoms with Crippen molar-refractivity contribution in [2.75, 3.05) is 19.6 Å². The first-order valence-electron chi connectivity index (χ1n) is 7.93. The van der Waals surface area contributed by atoms with Crippen molar-refractivity contribution in [2.45, 2.75) is 39.0 Å². The topological polar surface area (TPSA) is 41.1 Å². The van der Waals surface area contributed by atoms with Crippen LogP contribution in [0.3, 0.4) is 0 Å². The van der Waals surface area contributed by atoms with Crippen LogP contribution >= 0.6 is 0 Å². The number of amides is 1. The zero-order chi connectivity index (χ0) is 15.1. The predicted molar refractivity (Wildman–Crippen MR) is 87.4 cm³/mol. The molecule has 0 saturated carbocycles. The van der Waals surface area contributed by atoms with Gasteiger partial charge in [-0.3, -0.25) is 4.79 Å². The summed E-state index contributed by atoms with van der Waals surface area (Å²) in [5, 5.41) is 6.32. The average molecular weight is 286 g/mol. The van der Waals surface area contributed by atoms with Gasteiger partial charge >= 0.3 is 0 Å². The third kappa shape index (κ3) is 5.01. The Bertz CT molecular complexity index is 490. The summed E-state index contributed by atoms with van der Waals surface area (Å²) in [6.45, 7) is 6.90. The summed E-state index contributed by atoms with van der Waals surface area (Å²) in [6, 6.07) is 8.60. The van der Waals surface area contributed by atoms with Crippen molar-refractivity contribution in [1.29, 1.82) is 0 Å². The average Bonchev–Trinajstić information content (AvgIpc) is 2.54. The molecule has 1 aliphatic rings. The fourth-order valence-electron chi connectivity index (χ4n) is 2.59. The van der Waals surface area contributed by atoms with Crippen LogP contribution in [0.1, 0.15) is 43.7 Å². The first-order chi connectivity index (χ1) is 10.2. The molecule has 2 N–H and O–H groups in total. The molecule has 0 spiro atoms. The zero-order valence-corrected chi connectivity index (χ0v) is 13.1. The zero-order valence-electron chi connectivity index (χ0n) is 13.1. The fourth-order valence-corrected chi connectivity index (χ4v) is 2.59. The summed E-state index contributed by atoms with van der Waals surface area (Å²) in [5.74, 6) is 0.402. The SMILES string of the molecule is CCc1ccc(C(C)CC(=O)NCC2=CCNCC2)cc1. The molecule has 1 amide bonds. The van der Waals surface area contributed by atoms with E-state index in [1.165, 1.54) is 16.7 Å². The predicted octanol–water partition coefficient (Wildman–Crippen LogP) is 2.78. The lowest BCUT2D eigenvalue weighted by atomic mass is 9.96. The number of carbonyl (C=O) groups excluding carboxylic acids is 1. The summed E-state index contributed by atoms with van der Waals surface area (Å²) in [4.78, 5) is 12.0. The molecule has 0 aromatic heterocycles. The molecule has 1 atom stereocenters. The Balaban J connectivity index is 1.79. The van der Waals surface area contributed by atoms with Crippen molar-refractivity contribution in [3.8, 4) is 0 Å². The van der Waals surface area contributed by atoms with E-state index < -0.39 is 0 Å². The van der Waals surface area contributed by atoms with Crippen molar-refractivity contribution >= 4 is 5.91 Å². The van der Waals surface area contributed by atoms with Crippen molar-refractivity contribution in [1.82, 2.24) is 10.6 Å². The fraction of sp³-hybridized carbons (Fsp3) is 0.500. The van der Waals surface area contributed by atoms with E-state index in [4.69, 9.17) is 0 Å². The van der Waals surface area contributed by atoms with E-state index >= 15 is 0 Å². The molecular formula is C18H26N2O.